The Kier molecular flexibility index (Phi) is 3.07. The van der Waals surface area contributed by atoms with Crippen LogP contribution in [0.5, 0.6) is 0 Å². The first kappa shape index (κ1) is 8.23. The average Bonchev–Trinajstić information content (AvgIpc) is 2.03. The second-order valence-corrected chi connectivity index (χ2v) is 2.46. The molecule has 0 aliphatic carbocycles. The molecule has 1 saturated heterocycles. The van der Waals surface area contributed by atoms with Crippen LogP contribution in [0.2, 0.25) is 0 Å². The molecule has 4 nitrogen and oxygen atoms in total. The van der Waals surface area contributed by atoms with E-state index in [0.29, 0.717) is 0 Å². The lowest BCUT2D eigenvalue weighted by Crippen LogP contribution is -2.47. The fraction of sp³-hybridized carbons (Fsp3) is 0.571. The molecule has 0 aromatic heterocycles. The molecular weight excluding hydrogens is 144 g/mol. The smallest absolute Gasteiger partial charge is 0.328 e. The number of hydrogen-bond donors (Lipinski definition) is 3. The van der Waals surface area contributed by atoms with Crippen molar-refractivity contribution in [3.05, 3.63) is 12.2 Å². The van der Waals surface area contributed by atoms with Crippen LogP contribution in [-0.2, 0) is 4.79 Å². The summed E-state index contributed by atoms with van der Waals surface area (Å²) in [4.78, 5) is 10.1. The Morgan fingerprint density at radius 3 is 2.91 bits per heavy atom. The van der Waals surface area contributed by atoms with Gasteiger partial charge in [0.1, 0.15) is 0 Å². The van der Waals surface area contributed by atoms with E-state index in [1.807, 2.05) is 0 Å². The molecule has 0 aromatic rings. The Labute approximate surface area is 65.3 Å². The Morgan fingerprint density at radius 2 is 2.36 bits per heavy atom. The van der Waals surface area contributed by atoms with Gasteiger partial charge in [0, 0.05) is 31.8 Å². The van der Waals surface area contributed by atoms with Gasteiger partial charge in [-0.15, -0.1) is 0 Å². The Hall–Kier alpha value is -0.870. The van der Waals surface area contributed by atoms with Crippen molar-refractivity contribution in [3.63, 3.8) is 0 Å². The van der Waals surface area contributed by atoms with Gasteiger partial charge in [0.05, 0.1) is 0 Å². The zero-order valence-corrected chi connectivity index (χ0v) is 6.21. The van der Waals surface area contributed by atoms with Crippen molar-refractivity contribution in [2.24, 2.45) is 0 Å². The summed E-state index contributed by atoms with van der Waals surface area (Å²) in [7, 11) is 0. The zero-order chi connectivity index (χ0) is 8.10. The fourth-order valence-electron chi connectivity index (χ4n) is 1.01. The molecule has 3 N–H and O–H groups in total. The molecule has 11 heavy (non-hydrogen) atoms. The van der Waals surface area contributed by atoms with E-state index in [2.05, 4.69) is 10.6 Å². The largest absolute Gasteiger partial charge is 0.478 e. The van der Waals surface area contributed by atoms with Crippen LogP contribution in [0.3, 0.4) is 0 Å². The summed E-state index contributed by atoms with van der Waals surface area (Å²) in [6, 6.07) is 0.167. The molecule has 1 aliphatic rings. The van der Waals surface area contributed by atoms with Gasteiger partial charge in [0.25, 0.3) is 0 Å². The molecular formula is C7H12N2O2. The molecule has 0 radical (unpaired) electrons. The van der Waals surface area contributed by atoms with Crippen LogP contribution in [0.25, 0.3) is 0 Å². The highest BCUT2D eigenvalue weighted by molar-refractivity contribution is 5.79. The summed E-state index contributed by atoms with van der Waals surface area (Å²) in [6.45, 7) is 2.66. The van der Waals surface area contributed by atoms with Gasteiger partial charge in [-0.1, -0.05) is 6.08 Å². The lowest BCUT2D eigenvalue weighted by Gasteiger charge is -2.21. The van der Waals surface area contributed by atoms with E-state index < -0.39 is 5.97 Å². The van der Waals surface area contributed by atoms with Gasteiger partial charge in [-0.2, -0.15) is 0 Å². The van der Waals surface area contributed by atoms with Gasteiger partial charge in [-0.05, 0) is 0 Å². The van der Waals surface area contributed by atoms with Gasteiger partial charge in [-0.25, -0.2) is 4.79 Å². The SMILES string of the molecule is O=C(O)C=CC1CNCCN1. The van der Waals surface area contributed by atoms with E-state index in [-0.39, 0.29) is 6.04 Å². The van der Waals surface area contributed by atoms with Gasteiger partial charge in [-0.3, -0.25) is 0 Å². The summed E-state index contributed by atoms with van der Waals surface area (Å²) in [5, 5.41) is 14.6. The predicted octanol–water partition coefficient (Wildman–Crippen LogP) is -0.811. The first-order chi connectivity index (χ1) is 5.29. The summed E-state index contributed by atoms with van der Waals surface area (Å²) in [6.07, 6.45) is 2.83. The van der Waals surface area contributed by atoms with Gasteiger partial charge in [0.2, 0.25) is 0 Å². The molecule has 0 saturated carbocycles. The van der Waals surface area contributed by atoms with E-state index in [1.165, 1.54) is 6.08 Å². The number of carboxylic acid groups (broad SMARTS) is 1. The van der Waals surface area contributed by atoms with Crippen LogP contribution in [0.15, 0.2) is 12.2 Å². The quantitative estimate of drug-likeness (QED) is 0.457. The molecule has 1 fully saturated rings. The van der Waals surface area contributed by atoms with Crippen molar-refractivity contribution in [3.8, 4) is 0 Å². The van der Waals surface area contributed by atoms with E-state index in [1.54, 1.807) is 6.08 Å². The number of aliphatic carboxylic acids is 1. The fourth-order valence-corrected chi connectivity index (χ4v) is 1.01. The van der Waals surface area contributed by atoms with Crippen LogP contribution in [0.4, 0.5) is 0 Å². The maximum Gasteiger partial charge on any atom is 0.328 e. The lowest BCUT2D eigenvalue weighted by atomic mass is 10.2. The van der Waals surface area contributed by atoms with Crippen molar-refractivity contribution >= 4 is 5.97 Å². The first-order valence-corrected chi connectivity index (χ1v) is 3.64. The summed E-state index contributed by atoms with van der Waals surface area (Å²) < 4.78 is 0. The normalized spacial score (nSPS) is 25.6. The highest BCUT2D eigenvalue weighted by atomic mass is 16.4. The van der Waals surface area contributed by atoms with E-state index >= 15 is 0 Å². The minimum absolute atomic E-state index is 0.167. The number of piperazine rings is 1. The maximum absolute atomic E-state index is 10.1. The Morgan fingerprint density at radius 1 is 1.55 bits per heavy atom. The number of hydrogen-bond acceptors (Lipinski definition) is 3. The van der Waals surface area contributed by atoms with Gasteiger partial charge in [0.15, 0.2) is 0 Å². The molecule has 62 valence electrons. The first-order valence-electron chi connectivity index (χ1n) is 3.64. The van der Waals surface area contributed by atoms with Crippen LogP contribution < -0.4 is 10.6 Å². The van der Waals surface area contributed by atoms with Crippen molar-refractivity contribution < 1.29 is 9.90 Å². The topological polar surface area (TPSA) is 61.4 Å². The standard InChI is InChI=1S/C7H12N2O2/c10-7(11)2-1-6-5-8-3-4-9-6/h1-2,6,8-9H,3-5H2,(H,10,11). The van der Waals surface area contributed by atoms with E-state index in [9.17, 15) is 4.79 Å². The molecule has 1 unspecified atom stereocenters. The van der Waals surface area contributed by atoms with Crippen LogP contribution >= 0.6 is 0 Å². The van der Waals surface area contributed by atoms with E-state index in [0.717, 1.165) is 19.6 Å². The van der Waals surface area contributed by atoms with Crippen LogP contribution in [0.1, 0.15) is 0 Å². The Balaban J connectivity index is 2.29. The van der Waals surface area contributed by atoms with Crippen molar-refractivity contribution in [1.29, 1.82) is 0 Å². The molecule has 1 rings (SSSR count). The van der Waals surface area contributed by atoms with Crippen molar-refractivity contribution in [2.45, 2.75) is 6.04 Å². The summed E-state index contributed by atoms with van der Waals surface area (Å²) in [5.41, 5.74) is 0. The molecule has 1 aliphatic heterocycles. The molecule has 0 bridgehead atoms. The minimum atomic E-state index is -0.891. The van der Waals surface area contributed by atoms with E-state index in [4.69, 9.17) is 5.11 Å². The maximum atomic E-state index is 10.1. The highest BCUT2D eigenvalue weighted by Crippen LogP contribution is 1.88. The van der Waals surface area contributed by atoms with Crippen molar-refractivity contribution in [2.75, 3.05) is 19.6 Å². The highest BCUT2D eigenvalue weighted by Gasteiger charge is 2.07. The molecule has 0 amide bonds. The molecule has 1 heterocycles. The zero-order valence-electron chi connectivity index (χ0n) is 6.21. The number of nitrogens with one attached hydrogen (secondary N) is 2. The number of carbonyl (C=O) groups is 1. The molecule has 0 spiro atoms. The van der Waals surface area contributed by atoms with Crippen molar-refractivity contribution in [1.82, 2.24) is 10.6 Å². The second kappa shape index (κ2) is 4.10. The average molecular weight is 156 g/mol. The number of rotatable bonds is 2. The minimum Gasteiger partial charge on any atom is -0.478 e. The summed E-state index contributed by atoms with van der Waals surface area (Å²) in [5.74, 6) is -0.891. The molecule has 0 aromatic carbocycles. The Bertz CT molecular complexity index is 162. The molecule has 4 heteroatoms. The van der Waals surface area contributed by atoms with Crippen LogP contribution in [-0.4, -0.2) is 36.8 Å². The number of carboxylic acids is 1. The lowest BCUT2D eigenvalue weighted by molar-refractivity contribution is -0.131. The third-order valence-electron chi connectivity index (χ3n) is 1.54. The predicted molar refractivity (Wildman–Crippen MR) is 41.4 cm³/mol. The van der Waals surface area contributed by atoms with Gasteiger partial charge < -0.3 is 15.7 Å². The third kappa shape index (κ3) is 3.15. The molecule has 1 atom stereocenters. The third-order valence-corrected chi connectivity index (χ3v) is 1.54. The summed E-state index contributed by atoms with van der Waals surface area (Å²) >= 11 is 0. The second-order valence-electron chi connectivity index (χ2n) is 2.46. The van der Waals surface area contributed by atoms with Gasteiger partial charge >= 0.3 is 5.97 Å². The monoisotopic (exact) mass is 156 g/mol. The van der Waals surface area contributed by atoms with Crippen LogP contribution in [0, 0.1) is 0 Å².